The van der Waals surface area contributed by atoms with Gasteiger partial charge in [0, 0.05) is 44.6 Å². The maximum absolute atomic E-state index is 12.8. The molecular weight excluding hydrogens is 370 g/mol. The van der Waals surface area contributed by atoms with Gasteiger partial charge in [-0.3, -0.25) is 4.79 Å². The molecule has 1 N–H and O–H groups in total. The first kappa shape index (κ1) is 18.6. The molecule has 0 bridgehead atoms. The minimum Gasteiger partial charge on any atom is -0.480 e. The average Bonchev–Trinajstić information content (AvgIpc) is 2.79. The molecule has 0 aliphatic carbocycles. The molecule has 148 valence electrons. The average molecular weight is 391 g/mol. The van der Waals surface area contributed by atoms with Crippen LogP contribution in [0.5, 0.6) is 5.88 Å². The summed E-state index contributed by atoms with van der Waals surface area (Å²) in [5, 5.41) is 3.17. The zero-order valence-corrected chi connectivity index (χ0v) is 16.0. The highest BCUT2D eigenvalue weighted by atomic mass is 16.5. The van der Waals surface area contributed by atoms with E-state index in [1.165, 1.54) is 13.4 Å². The monoisotopic (exact) mass is 391 g/mol. The highest BCUT2D eigenvalue weighted by Crippen LogP contribution is 2.21. The number of carbonyl (C=O) groups is 1. The number of ether oxygens (including phenoxy) is 1. The van der Waals surface area contributed by atoms with E-state index in [9.17, 15) is 4.79 Å². The number of nitrogens with zero attached hydrogens (tertiary/aromatic N) is 6. The van der Waals surface area contributed by atoms with Crippen LogP contribution in [0, 0.1) is 0 Å². The second kappa shape index (κ2) is 8.51. The van der Waals surface area contributed by atoms with E-state index in [1.54, 1.807) is 24.5 Å². The first-order valence-electron chi connectivity index (χ1n) is 9.28. The molecule has 3 aromatic rings. The standard InChI is InChI=1S/C20H21N7O2/c1-29-19-15(5-4-8-22-19)20(28)27-11-9-26(10-12-27)18-13-17(23-14-24-18)25-16-6-2-3-7-21-16/h2-8,13-14H,9-12H2,1H3,(H,21,23,24,25). The van der Waals surface area contributed by atoms with Crippen LogP contribution in [0.4, 0.5) is 17.5 Å². The van der Waals surface area contributed by atoms with Gasteiger partial charge >= 0.3 is 0 Å². The number of carbonyl (C=O) groups excluding carboxylic acids is 1. The number of anilines is 3. The van der Waals surface area contributed by atoms with Gasteiger partial charge in [0.25, 0.3) is 5.91 Å². The van der Waals surface area contributed by atoms with Crippen molar-refractivity contribution in [2.45, 2.75) is 0 Å². The molecule has 1 fully saturated rings. The van der Waals surface area contributed by atoms with Crippen molar-refractivity contribution in [2.24, 2.45) is 0 Å². The van der Waals surface area contributed by atoms with Gasteiger partial charge < -0.3 is 19.9 Å². The molecule has 0 spiro atoms. The van der Waals surface area contributed by atoms with E-state index in [2.05, 4.69) is 30.2 Å². The molecule has 0 saturated carbocycles. The number of methoxy groups -OCH3 is 1. The van der Waals surface area contributed by atoms with Gasteiger partial charge in [-0.15, -0.1) is 0 Å². The Morgan fingerprint density at radius 2 is 1.79 bits per heavy atom. The van der Waals surface area contributed by atoms with Gasteiger partial charge in [-0.1, -0.05) is 6.07 Å². The Labute approximate surface area is 168 Å². The van der Waals surface area contributed by atoms with Gasteiger partial charge in [0.05, 0.1) is 7.11 Å². The molecule has 3 aromatic heterocycles. The molecule has 1 amide bonds. The minimum absolute atomic E-state index is 0.0743. The van der Waals surface area contributed by atoms with Crippen LogP contribution in [0.2, 0.25) is 0 Å². The Bertz CT molecular complexity index is 975. The highest BCUT2D eigenvalue weighted by Gasteiger charge is 2.25. The summed E-state index contributed by atoms with van der Waals surface area (Å²) in [4.78, 5) is 33.8. The van der Waals surface area contributed by atoms with E-state index in [-0.39, 0.29) is 5.91 Å². The normalized spacial score (nSPS) is 13.8. The number of piperazine rings is 1. The lowest BCUT2D eigenvalue weighted by atomic mass is 10.2. The van der Waals surface area contributed by atoms with Crippen molar-refractivity contribution in [3.05, 3.63) is 60.7 Å². The molecule has 4 rings (SSSR count). The summed E-state index contributed by atoms with van der Waals surface area (Å²) in [5.74, 6) is 2.48. The zero-order valence-electron chi connectivity index (χ0n) is 16.0. The predicted octanol–water partition coefficient (Wildman–Crippen LogP) is 1.98. The number of pyridine rings is 2. The van der Waals surface area contributed by atoms with Crippen molar-refractivity contribution in [1.82, 2.24) is 24.8 Å². The van der Waals surface area contributed by atoms with E-state index in [0.717, 1.165) is 11.6 Å². The van der Waals surface area contributed by atoms with Crippen LogP contribution in [0.15, 0.2) is 55.1 Å². The lowest BCUT2D eigenvalue weighted by Gasteiger charge is -2.35. The SMILES string of the molecule is COc1ncccc1C(=O)N1CCN(c2cc(Nc3ccccn3)ncn2)CC1. The van der Waals surface area contributed by atoms with Crippen LogP contribution in [-0.2, 0) is 0 Å². The highest BCUT2D eigenvalue weighted by molar-refractivity contribution is 5.96. The molecule has 0 radical (unpaired) electrons. The summed E-state index contributed by atoms with van der Waals surface area (Å²) >= 11 is 0. The number of amides is 1. The van der Waals surface area contributed by atoms with E-state index < -0.39 is 0 Å². The molecular formula is C20H21N7O2. The summed E-state index contributed by atoms with van der Waals surface area (Å²) in [5.41, 5.74) is 0.479. The summed E-state index contributed by atoms with van der Waals surface area (Å²) in [6.45, 7) is 2.52. The summed E-state index contributed by atoms with van der Waals surface area (Å²) < 4.78 is 5.21. The van der Waals surface area contributed by atoms with Crippen LogP contribution in [-0.4, -0.2) is 64.0 Å². The number of hydrogen-bond acceptors (Lipinski definition) is 8. The van der Waals surface area contributed by atoms with Gasteiger partial charge in [-0.25, -0.2) is 19.9 Å². The van der Waals surface area contributed by atoms with Crippen LogP contribution in [0.25, 0.3) is 0 Å². The molecule has 4 heterocycles. The van der Waals surface area contributed by atoms with Crippen LogP contribution in [0.3, 0.4) is 0 Å². The number of aromatic nitrogens is 4. The summed E-state index contributed by atoms with van der Waals surface area (Å²) in [7, 11) is 1.52. The Morgan fingerprint density at radius 3 is 2.55 bits per heavy atom. The van der Waals surface area contributed by atoms with Crippen molar-refractivity contribution >= 4 is 23.4 Å². The molecule has 0 aromatic carbocycles. The third kappa shape index (κ3) is 4.23. The Balaban J connectivity index is 1.41. The maximum Gasteiger partial charge on any atom is 0.259 e. The zero-order chi connectivity index (χ0) is 20.1. The fourth-order valence-electron chi connectivity index (χ4n) is 3.18. The van der Waals surface area contributed by atoms with Gasteiger partial charge in [0.2, 0.25) is 5.88 Å². The van der Waals surface area contributed by atoms with E-state index in [4.69, 9.17) is 4.74 Å². The molecule has 9 heteroatoms. The maximum atomic E-state index is 12.8. The molecule has 1 saturated heterocycles. The van der Waals surface area contributed by atoms with E-state index in [0.29, 0.717) is 43.4 Å². The number of nitrogens with one attached hydrogen (secondary N) is 1. The molecule has 29 heavy (non-hydrogen) atoms. The molecule has 9 nitrogen and oxygen atoms in total. The van der Waals surface area contributed by atoms with E-state index >= 15 is 0 Å². The quantitative estimate of drug-likeness (QED) is 0.705. The summed E-state index contributed by atoms with van der Waals surface area (Å²) in [6, 6.07) is 11.0. The van der Waals surface area contributed by atoms with Crippen LogP contribution >= 0.6 is 0 Å². The summed E-state index contributed by atoms with van der Waals surface area (Å²) in [6.07, 6.45) is 4.86. The first-order valence-corrected chi connectivity index (χ1v) is 9.28. The van der Waals surface area contributed by atoms with Crippen molar-refractivity contribution in [3.8, 4) is 5.88 Å². The third-order valence-electron chi connectivity index (χ3n) is 4.66. The molecule has 0 atom stereocenters. The predicted molar refractivity (Wildman–Crippen MR) is 108 cm³/mol. The number of hydrogen-bond donors (Lipinski definition) is 1. The Kier molecular flexibility index (Phi) is 5.46. The fraction of sp³-hybridized carbons (Fsp3) is 0.250. The molecule has 1 aliphatic heterocycles. The third-order valence-corrected chi connectivity index (χ3v) is 4.66. The Hall–Kier alpha value is -3.75. The van der Waals surface area contributed by atoms with Crippen molar-refractivity contribution < 1.29 is 9.53 Å². The van der Waals surface area contributed by atoms with Gasteiger partial charge in [-0.2, -0.15) is 0 Å². The topological polar surface area (TPSA) is 96.4 Å². The number of rotatable bonds is 5. The van der Waals surface area contributed by atoms with Gasteiger partial charge in [0.15, 0.2) is 0 Å². The largest absolute Gasteiger partial charge is 0.480 e. The smallest absolute Gasteiger partial charge is 0.259 e. The molecule has 0 unspecified atom stereocenters. The second-order valence-corrected chi connectivity index (χ2v) is 6.44. The fourth-order valence-corrected chi connectivity index (χ4v) is 3.18. The van der Waals surface area contributed by atoms with Crippen molar-refractivity contribution in [3.63, 3.8) is 0 Å². The lowest BCUT2D eigenvalue weighted by Crippen LogP contribution is -2.49. The lowest BCUT2D eigenvalue weighted by molar-refractivity contribution is 0.0742. The van der Waals surface area contributed by atoms with Gasteiger partial charge in [-0.05, 0) is 24.3 Å². The van der Waals surface area contributed by atoms with E-state index in [1.807, 2.05) is 29.2 Å². The minimum atomic E-state index is -0.0743. The van der Waals surface area contributed by atoms with Crippen LogP contribution in [0.1, 0.15) is 10.4 Å². The van der Waals surface area contributed by atoms with Gasteiger partial charge in [0.1, 0.15) is 29.3 Å². The van der Waals surface area contributed by atoms with Crippen LogP contribution < -0.4 is 15.0 Å². The van der Waals surface area contributed by atoms with Crippen molar-refractivity contribution in [2.75, 3.05) is 43.5 Å². The second-order valence-electron chi connectivity index (χ2n) is 6.44. The van der Waals surface area contributed by atoms with Crippen molar-refractivity contribution in [1.29, 1.82) is 0 Å². The molecule has 1 aliphatic rings. The Morgan fingerprint density at radius 1 is 0.966 bits per heavy atom. The first-order chi connectivity index (χ1) is 14.2.